The van der Waals surface area contributed by atoms with Gasteiger partial charge in [-0.1, -0.05) is 39.7 Å². The molecule has 0 saturated carbocycles. The molecule has 2 aromatic carbocycles. The Balaban J connectivity index is 2.25. The van der Waals surface area contributed by atoms with Gasteiger partial charge in [0, 0.05) is 19.5 Å². The number of hydrogen-bond donors (Lipinski definition) is 1. The van der Waals surface area contributed by atoms with Crippen LogP contribution in [0.15, 0.2) is 40.9 Å². The fraction of sp³-hybridized carbons (Fsp3) is 0.200. The van der Waals surface area contributed by atoms with Crippen molar-refractivity contribution in [3.05, 3.63) is 66.2 Å². The van der Waals surface area contributed by atoms with Crippen LogP contribution in [0.3, 0.4) is 0 Å². The molecule has 0 aliphatic carbocycles. The van der Waals surface area contributed by atoms with Crippen molar-refractivity contribution in [3.63, 3.8) is 0 Å². The number of aryl methyl sites for hydroxylation is 1. The number of aliphatic hydroxyl groups excluding tert-OH is 1. The molecule has 0 bridgehead atoms. The third-order valence-electron chi connectivity index (χ3n) is 2.94. The van der Waals surface area contributed by atoms with E-state index in [1.165, 1.54) is 0 Å². The first-order valence-corrected chi connectivity index (χ1v) is 8.10. The van der Waals surface area contributed by atoms with Crippen molar-refractivity contribution >= 4 is 50.1 Å². The van der Waals surface area contributed by atoms with E-state index < -0.39 is 6.10 Å². The molecular formula is C15H13BrClIO. The van der Waals surface area contributed by atoms with E-state index in [1.54, 1.807) is 0 Å². The maximum absolute atomic E-state index is 10.4. The number of rotatable bonds is 3. The Morgan fingerprint density at radius 3 is 2.68 bits per heavy atom. The van der Waals surface area contributed by atoms with Gasteiger partial charge in [-0.3, -0.25) is 0 Å². The van der Waals surface area contributed by atoms with Crippen molar-refractivity contribution < 1.29 is 5.11 Å². The van der Waals surface area contributed by atoms with E-state index >= 15 is 0 Å². The summed E-state index contributed by atoms with van der Waals surface area (Å²) in [5.41, 5.74) is 3.02. The summed E-state index contributed by atoms with van der Waals surface area (Å²) >= 11 is 11.9. The van der Waals surface area contributed by atoms with Crippen LogP contribution in [0.4, 0.5) is 0 Å². The quantitative estimate of drug-likeness (QED) is 0.629. The molecule has 0 heterocycles. The second-order valence-corrected chi connectivity index (χ2v) is 6.97. The molecule has 0 radical (unpaired) electrons. The topological polar surface area (TPSA) is 20.2 Å². The van der Waals surface area contributed by atoms with E-state index in [-0.39, 0.29) is 0 Å². The molecule has 4 heteroatoms. The predicted molar refractivity (Wildman–Crippen MR) is 91.7 cm³/mol. The molecule has 2 rings (SSSR count). The zero-order chi connectivity index (χ0) is 14.0. The van der Waals surface area contributed by atoms with Crippen molar-refractivity contribution in [2.45, 2.75) is 19.4 Å². The van der Waals surface area contributed by atoms with E-state index in [4.69, 9.17) is 11.6 Å². The highest BCUT2D eigenvalue weighted by molar-refractivity contribution is 14.1. The second-order valence-electron chi connectivity index (χ2n) is 4.48. The average molecular weight is 452 g/mol. The molecule has 0 aromatic heterocycles. The first-order chi connectivity index (χ1) is 8.97. The van der Waals surface area contributed by atoms with Crippen molar-refractivity contribution in [2.24, 2.45) is 0 Å². The molecular weight excluding hydrogens is 438 g/mol. The number of halogens is 3. The maximum atomic E-state index is 10.4. The lowest BCUT2D eigenvalue weighted by molar-refractivity contribution is 0.177. The summed E-state index contributed by atoms with van der Waals surface area (Å²) in [6.45, 7) is 2.00. The smallest absolute Gasteiger partial charge is 0.0841 e. The highest BCUT2D eigenvalue weighted by Crippen LogP contribution is 2.29. The molecule has 0 fully saturated rings. The van der Waals surface area contributed by atoms with Crippen molar-refractivity contribution in [3.8, 4) is 0 Å². The summed E-state index contributed by atoms with van der Waals surface area (Å²) in [6, 6.07) is 11.8. The predicted octanol–water partition coefficient (Wildman–Crippen LogP) is 5.29. The molecule has 0 amide bonds. The lowest BCUT2D eigenvalue weighted by atomic mass is 10.0. The Hall–Kier alpha value is -0.100. The van der Waals surface area contributed by atoms with Gasteiger partial charge in [0.25, 0.3) is 0 Å². The first-order valence-electron chi connectivity index (χ1n) is 5.85. The maximum Gasteiger partial charge on any atom is 0.0841 e. The minimum atomic E-state index is -0.551. The van der Waals surface area contributed by atoms with Crippen LogP contribution in [-0.2, 0) is 6.42 Å². The van der Waals surface area contributed by atoms with E-state index in [2.05, 4.69) is 38.5 Å². The Labute approximate surface area is 140 Å². The summed E-state index contributed by atoms with van der Waals surface area (Å²) < 4.78 is 2.02. The molecule has 1 atom stereocenters. The third-order valence-corrected chi connectivity index (χ3v) is 4.77. The van der Waals surface area contributed by atoms with Crippen LogP contribution in [0, 0.1) is 10.5 Å². The fourth-order valence-electron chi connectivity index (χ4n) is 1.91. The van der Waals surface area contributed by atoms with E-state index in [9.17, 15) is 5.11 Å². The molecule has 1 unspecified atom stereocenters. The van der Waals surface area contributed by atoms with Crippen LogP contribution in [0.1, 0.15) is 22.8 Å². The summed E-state index contributed by atoms with van der Waals surface area (Å²) in [7, 11) is 0. The Bertz CT molecular complexity index is 601. The lowest BCUT2D eigenvalue weighted by Gasteiger charge is -2.14. The van der Waals surface area contributed by atoms with Crippen LogP contribution in [0.25, 0.3) is 0 Å². The number of aliphatic hydroxyl groups is 1. The number of benzene rings is 2. The van der Waals surface area contributed by atoms with Gasteiger partial charge >= 0.3 is 0 Å². The molecule has 0 aliphatic rings. The van der Waals surface area contributed by atoms with Gasteiger partial charge in [0.15, 0.2) is 0 Å². The summed E-state index contributed by atoms with van der Waals surface area (Å²) in [4.78, 5) is 0. The SMILES string of the molecule is Cc1ccc(CC(O)c2cc(Br)ccc2I)c(Cl)c1. The van der Waals surface area contributed by atoms with Crippen molar-refractivity contribution in [1.29, 1.82) is 0 Å². The summed E-state index contributed by atoms with van der Waals surface area (Å²) in [6.07, 6.45) is -0.0319. The zero-order valence-electron chi connectivity index (χ0n) is 10.3. The van der Waals surface area contributed by atoms with Crippen LogP contribution >= 0.6 is 50.1 Å². The number of hydrogen-bond acceptors (Lipinski definition) is 1. The van der Waals surface area contributed by atoms with Gasteiger partial charge < -0.3 is 5.11 Å². The Morgan fingerprint density at radius 2 is 2.00 bits per heavy atom. The van der Waals surface area contributed by atoms with E-state index in [0.717, 1.165) is 24.7 Å². The molecule has 0 spiro atoms. The molecule has 19 heavy (non-hydrogen) atoms. The van der Waals surface area contributed by atoms with Crippen molar-refractivity contribution in [2.75, 3.05) is 0 Å². The third kappa shape index (κ3) is 3.94. The molecule has 0 saturated heterocycles. The van der Waals surface area contributed by atoms with Gasteiger partial charge in [-0.05, 0) is 70.5 Å². The van der Waals surface area contributed by atoms with Gasteiger partial charge in [-0.2, -0.15) is 0 Å². The standard InChI is InChI=1S/C15H13BrClIO/c1-9-2-3-10(13(17)6-9)7-15(19)12-8-11(16)4-5-14(12)18/h2-6,8,15,19H,7H2,1H3. The normalized spacial score (nSPS) is 12.5. The Morgan fingerprint density at radius 1 is 1.26 bits per heavy atom. The lowest BCUT2D eigenvalue weighted by Crippen LogP contribution is -2.04. The molecule has 1 nitrogen and oxygen atoms in total. The second kappa shape index (κ2) is 6.57. The van der Waals surface area contributed by atoms with Crippen LogP contribution in [0.2, 0.25) is 5.02 Å². The van der Waals surface area contributed by atoms with Crippen LogP contribution in [-0.4, -0.2) is 5.11 Å². The molecule has 0 aliphatic heterocycles. The van der Waals surface area contributed by atoms with Gasteiger partial charge in [0.1, 0.15) is 0 Å². The molecule has 100 valence electrons. The van der Waals surface area contributed by atoms with Crippen molar-refractivity contribution in [1.82, 2.24) is 0 Å². The summed E-state index contributed by atoms with van der Waals surface area (Å²) in [5.74, 6) is 0. The van der Waals surface area contributed by atoms with Gasteiger partial charge in [0.05, 0.1) is 6.10 Å². The zero-order valence-corrected chi connectivity index (χ0v) is 14.8. The Kier molecular flexibility index (Phi) is 5.29. The van der Waals surface area contributed by atoms with Gasteiger partial charge in [-0.15, -0.1) is 0 Å². The van der Waals surface area contributed by atoms with Gasteiger partial charge in [0.2, 0.25) is 0 Å². The fourth-order valence-corrected chi connectivity index (χ4v) is 3.29. The minimum Gasteiger partial charge on any atom is -0.388 e. The molecule has 1 N–H and O–H groups in total. The van der Waals surface area contributed by atoms with E-state index in [1.807, 2.05) is 43.3 Å². The van der Waals surface area contributed by atoms with Gasteiger partial charge in [-0.25, -0.2) is 0 Å². The summed E-state index contributed by atoms with van der Waals surface area (Å²) in [5, 5.41) is 11.1. The largest absolute Gasteiger partial charge is 0.388 e. The monoisotopic (exact) mass is 450 g/mol. The van der Waals surface area contributed by atoms with Crippen LogP contribution in [0.5, 0.6) is 0 Å². The van der Waals surface area contributed by atoms with Crippen LogP contribution < -0.4 is 0 Å². The molecule has 2 aromatic rings. The average Bonchev–Trinajstić information content (AvgIpc) is 2.35. The highest BCUT2D eigenvalue weighted by atomic mass is 127. The first kappa shape index (κ1) is 15.3. The highest BCUT2D eigenvalue weighted by Gasteiger charge is 2.14. The van der Waals surface area contributed by atoms with E-state index in [0.29, 0.717) is 11.4 Å². The minimum absolute atomic E-state index is 0.519.